The van der Waals surface area contributed by atoms with Crippen LogP contribution in [0.3, 0.4) is 0 Å². The van der Waals surface area contributed by atoms with Crippen LogP contribution in [0.2, 0.25) is 5.02 Å². The van der Waals surface area contributed by atoms with Crippen LogP contribution in [0.1, 0.15) is 18.4 Å². The topological polar surface area (TPSA) is 53.4 Å². The molecule has 0 unspecified atom stereocenters. The number of hydrogen-bond donors (Lipinski definition) is 1. The number of rotatable bonds is 5. The smallest absolute Gasteiger partial charge is 0.247 e. The maximum absolute atomic E-state index is 13.0. The molecule has 1 aromatic heterocycles. The van der Waals surface area contributed by atoms with Crippen molar-refractivity contribution in [1.29, 1.82) is 0 Å². The maximum atomic E-state index is 13.0. The van der Waals surface area contributed by atoms with Crippen molar-refractivity contribution in [3.8, 4) is 0 Å². The molecule has 26 heavy (non-hydrogen) atoms. The molecule has 1 N–H and O–H groups in total. The van der Waals surface area contributed by atoms with Crippen molar-refractivity contribution < 1.29 is 4.79 Å². The molecule has 0 radical (unpaired) electrons. The van der Waals surface area contributed by atoms with E-state index in [0.717, 1.165) is 48.9 Å². The van der Waals surface area contributed by atoms with Gasteiger partial charge in [-0.1, -0.05) is 29.8 Å². The van der Waals surface area contributed by atoms with Gasteiger partial charge in [0.2, 0.25) is 5.91 Å². The Morgan fingerprint density at radius 1 is 1.27 bits per heavy atom. The van der Waals surface area contributed by atoms with Gasteiger partial charge < -0.3 is 10.2 Å². The van der Waals surface area contributed by atoms with Gasteiger partial charge >= 0.3 is 0 Å². The van der Waals surface area contributed by atoms with Gasteiger partial charge in [0.15, 0.2) is 0 Å². The molecule has 2 aromatic rings. The van der Waals surface area contributed by atoms with E-state index in [0.29, 0.717) is 0 Å². The number of hydrogen-bond acceptors (Lipinski definition) is 4. The summed E-state index contributed by atoms with van der Waals surface area (Å²) in [5, 5.41) is 8.47. The van der Waals surface area contributed by atoms with Gasteiger partial charge in [-0.15, -0.1) is 0 Å². The lowest BCUT2D eigenvalue weighted by molar-refractivity contribution is -0.135. The highest BCUT2D eigenvalue weighted by Gasteiger charge is 2.42. The monoisotopic (exact) mass is 375 g/mol. The lowest BCUT2D eigenvalue weighted by atomic mass is 9.85. The Morgan fingerprint density at radius 3 is 2.54 bits per heavy atom. The SMILES string of the molecule is CN(C)C(=O)C1(Nc2ccnn2C)CCN(Cc2ccccc2Cl)CC1. The van der Waals surface area contributed by atoms with Crippen LogP contribution in [0.25, 0.3) is 0 Å². The highest BCUT2D eigenvalue weighted by Crippen LogP contribution is 2.30. The Kier molecular flexibility index (Phi) is 5.53. The number of likely N-dealkylation sites (tertiary alicyclic amines) is 1. The molecule has 1 fully saturated rings. The van der Waals surface area contributed by atoms with Crippen LogP contribution in [-0.4, -0.2) is 58.2 Å². The summed E-state index contributed by atoms with van der Waals surface area (Å²) >= 11 is 6.29. The first kappa shape index (κ1) is 18.7. The highest BCUT2D eigenvalue weighted by molar-refractivity contribution is 6.31. The molecule has 0 saturated carbocycles. The van der Waals surface area contributed by atoms with Crippen LogP contribution < -0.4 is 5.32 Å². The zero-order valence-electron chi connectivity index (χ0n) is 15.6. The summed E-state index contributed by atoms with van der Waals surface area (Å²) in [5.74, 6) is 0.968. The number of anilines is 1. The van der Waals surface area contributed by atoms with E-state index in [1.807, 2.05) is 45.4 Å². The van der Waals surface area contributed by atoms with E-state index in [2.05, 4.69) is 21.4 Å². The summed E-state index contributed by atoms with van der Waals surface area (Å²) in [6.45, 7) is 2.46. The Bertz CT molecular complexity index is 765. The van der Waals surface area contributed by atoms with Gasteiger partial charge in [0.05, 0.1) is 6.20 Å². The molecule has 1 saturated heterocycles. The van der Waals surface area contributed by atoms with E-state index in [4.69, 9.17) is 11.6 Å². The largest absolute Gasteiger partial charge is 0.356 e. The minimum Gasteiger partial charge on any atom is -0.356 e. The molecule has 1 aromatic carbocycles. The first-order chi connectivity index (χ1) is 12.4. The molecule has 7 heteroatoms. The lowest BCUT2D eigenvalue weighted by Crippen LogP contribution is -2.58. The van der Waals surface area contributed by atoms with Gasteiger partial charge in [-0.3, -0.25) is 14.4 Å². The molecule has 0 atom stereocenters. The average molecular weight is 376 g/mol. The van der Waals surface area contributed by atoms with Gasteiger partial charge in [0.25, 0.3) is 0 Å². The average Bonchev–Trinajstić information content (AvgIpc) is 3.02. The summed E-state index contributed by atoms with van der Waals surface area (Å²) in [4.78, 5) is 17.0. The van der Waals surface area contributed by atoms with Crippen molar-refractivity contribution in [2.75, 3.05) is 32.5 Å². The molecule has 1 aliphatic rings. The Hall–Kier alpha value is -2.05. The molecule has 2 heterocycles. The van der Waals surface area contributed by atoms with Gasteiger partial charge in [-0.2, -0.15) is 5.10 Å². The highest BCUT2D eigenvalue weighted by atomic mass is 35.5. The third-order valence-electron chi connectivity index (χ3n) is 5.07. The summed E-state index contributed by atoms with van der Waals surface area (Å²) in [6, 6.07) is 9.84. The first-order valence-corrected chi connectivity index (χ1v) is 9.23. The quantitative estimate of drug-likeness (QED) is 0.872. The van der Waals surface area contributed by atoms with E-state index < -0.39 is 5.54 Å². The molecule has 6 nitrogen and oxygen atoms in total. The predicted molar refractivity (Wildman–Crippen MR) is 104 cm³/mol. The minimum absolute atomic E-state index is 0.107. The molecule has 0 spiro atoms. The Balaban J connectivity index is 1.73. The van der Waals surface area contributed by atoms with Crippen molar-refractivity contribution in [2.45, 2.75) is 24.9 Å². The maximum Gasteiger partial charge on any atom is 0.247 e. The summed E-state index contributed by atoms with van der Waals surface area (Å²) < 4.78 is 1.76. The van der Waals surface area contributed by atoms with Crippen LogP contribution in [0.15, 0.2) is 36.5 Å². The minimum atomic E-state index is -0.603. The van der Waals surface area contributed by atoms with E-state index >= 15 is 0 Å². The van der Waals surface area contributed by atoms with Crippen molar-refractivity contribution in [2.24, 2.45) is 7.05 Å². The van der Waals surface area contributed by atoms with Gasteiger partial charge in [-0.25, -0.2) is 0 Å². The number of benzene rings is 1. The lowest BCUT2D eigenvalue weighted by Gasteiger charge is -2.42. The second-order valence-electron chi connectivity index (χ2n) is 7.11. The van der Waals surface area contributed by atoms with E-state index in [-0.39, 0.29) is 5.91 Å². The number of nitrogens with zero attached hydrogens (tertiary/aromatic N) is 4. The number of halogens is 1. The molecular weight excluding hydrogens is 350 g/mol. The third kappa shape index (κ3) is 3.86. The van der Waals surface area contributed by atoms with E-state index in [9.17, 15) is 4.79 Å². The Labute approximate surface area is 159 Å². The summed E-state index contributed by atoms with van der Waals surface area (Å²) in [6.07, 6.45) is 3.21. The standard InChI is InChI=1S/C19H26ClN5O/c1-23(2)18(26)19(22-17-8-11-21-24(17)3)9-12-25(13-10-19)14-15-6-4-5-7-16(15)20/h4-8,11,22H,9-10,12-14H2,1-3H3. The van der Waals surface area contributed by atoms with Crippen molar-refractivity contribution >= 4 is 23.3 Å². The summed E-state index contributed by atoms with van der Waals surface area (Å²) in [7, 11) is 5.50. The number of amides is 1. The summed E-state index contributed by atoms with van der Waals surface area (Å²) in [5.41, 5.74) is 0.522. The van der Waals surface area contributed by atoms with E-state index in [1.165, 1.54) is 0 Å². The number of carbonyl (C=O) groups excluding carboxylic acids is 1. The molecular formula is C19H26ClN5O. The number of piperidine rings is 1. The fourth-order valence-electron chi connectivity index (χ4n) is 3.52. The fourth-order valence-corrected chi connectivity index (χ4v) is 3.72. The second-order valence-corrected chi connectivity index (χ2v) is 7.52. The molecule has 1 amide bonds. The third-order valence-corrected chi connectivity index (χ3v) is 5.43. The second kappa shape index (κ2) is 7.68. The zero-order valence-corrected chi connectivity index (χ0v) is 16.3. The molecule has 3 rings (SSSR count). The van der Waals surface area contributed by atoms with Gasteiger partial charge in [0, 0.05) is 51.9 Å². The zero-order chi connectivity index (χ0) is 18.7. The number of aromatic nitrogens is 2. The number of aryl methyl sites for hydroxylation is 1. The fraction of sp³-hybridized carbons (Fsp3) is 0.474. The molecule has 0 aliphatic carbocycles. The van der Waals surface area contributed by atoms with Gasteiger partial charge in [-0.05, 0) is 24.5 Å². The first-order valence-electron chi connectivity index (χ1n) is 8.85. The number of likely N-dealkylation sites (N-methyl/N-ethyl adjacent to an activating group) is 1. The predicted octanol–water partition coefficient (Wildman–Crippen LogP) is 2.61. The van der Waals surface area contributed by atoms with Crippen molar-refractivity contribution in [1.82, 2.24) is 19.6 Å². The Morgan fingerprint density at radius 2 is 1.96 bits per heavy atom. The van der Waals surface area contributed by atoms with E-state index in [1.54, 1.807) is 15.8 Å². The molecule has 140 valence electrons. The number of carbonyl (C=O) groups is 1. The molecule has 1 aliphatic heterocycles. The van der Waals surface area contributed by atoms with Crippen LogP contribution in [0.5, 0.6) is 0 Å². The van der Waals surface area contributed by atoms with Crippen LogP contribution in [0, 0.1) is 0 Å². The van der Waals surface area contributed by atoms with Gasteiger partial charge in [0.1, 0.15) is 11.4 Å². The van der Waals surface area contributed by atoms with Crippen molar-refractivity contribution in [3.05, 3.63) is 47.1 Å². The van der Waals surface area contributed by atoms with Crippen LogP contribution in [0.4, 0.5) is 5.82 Å². The molecule has 0 bridgehead atoms. The van der Waals surface area contributed by atoms with Crippen LogP contribution >= 0.6 is 11.6 Å². The van der Waals surface area contributed by atoms with Crippen molar-refractivity contribution in [3.63, 3.8) is 0 Å². The number of nitrogens with one attached hydrogen (secondary N) is 1. The van der Waals surface area contributed by atoms with Crippen LogP contribution in [-0.2, 0) is 18.4 Å². The normalized spacial score (nSPS) is 17.1.